The molecule has 0 N–H and O–H groups in total. The molecule has 172 valence electrons. The monoisotopic (exact) mass is 440 g/mol. The largest absolute Gasteiger partial charge is 0.341 e. The van der Waals surface area contributed by atoms with Crippen LogP contribution in [0, 0.1) is 12.3 Å². The zero-order valence-electron chi connectivity index (χ0n) is 20.8. The van der Waals surface area contributed by atoms with Crippen molar-refractivity contribution in [1.82, 2.24) is 4.90 Å². The fraction of sp³-hybridized carbons (Fsp3) is 0.333. The van der Waals surface area contributed by atoms with Gasteiger partial charge in [-0.05, 0) is 59.7 Å². The van der Waals surface area contributed by atoms with Crippen molar-refractivity contribution in [2.75, 3.05) is 13.1 Å². The van der Waals surface area contributed by atoms with Gasteiger partial charge in [-0.3, -0.25) is 9.79 Å². The fourth-order valence-electron chi connectivity index (χ4n) is 4.14. The van der Waals surface area contributed by atoms with Crippen molar-refractivity contribution in [3.8, 4) is 0 Å². The van der Waals surface area contributed by atoms with Crippen LogP contribution in [0.2, 0.25) is 0 Å². The maximum absolute atomic E-state index is 13.3. The van der Waals surface area contributed by atoms with Gasteiger partial charge in [-0.1, -0.05) is 87.5 Å². The van der Waals surface area contributed by atoms with Gasteiger partial charge in [-0.15, -0.1) is 0 Å². The highest BCUT2D eigenvalue weighted by atomic mass is 16.2. The molecule has 1 atom stereocenters. The Bertz CT molecular complexity index is 1150. The number of nitrogens with zero attached hydrogens (tertiary/aromatic N) is 2. The number of aliphatic imine (C=N–C) groups is 1. The van der Waals surface area contributed by atoms with Gasteiger partial charge >= 0.3 is 0 Å². The highest BCUT2D eigenvalue weighted by molar-refractivity contribution is 6.20. The molecule has 0 heterocycles. The average Bonchev–Trinajstić information content (AvgIpc) is 2.80. The molecule has 0 saturated carbocycles. The number of allylic oxidation sites excluding steroid dienone is 1. The predicted molar refractivity (Wildman–Crippen MR) is 143 cm³/mol. The first-order valence-electron chi connectivity index (χ1n) is 11.8. The van der Waals surface area contributed by atoms with E-state index < -0.39 is 6.04 Å². The molecule has 0 fully saturated rings. The zero-order chi connectivity index (χ0) is 24.0. The number of aryl methyl sites for hydroxylation is 1. The average molecular weight is 441 g/mol. The molecule has 3 rings (SSSR count). The molecule has 0 bridgehead atoms. The molecule has 3 aromatic rings. The van der Waals surface area contributed by atoms with E-state index in [1.807, 2.05) is 43.2 Å². The minimum Gasteiger partial charge on any atom is -0.341 e. The van der Waals surface area contributed by atoms with Crippen LogP contribution in [-0.2, 0) is 4.79 Å². The molecule has 3 nitrogen and oxygen atoms in total. The summed E-state index contributed by atoms with van der Waals surface area (Å²) < 4.78 is 0. The summed E-state index contributed by atoms with van der Waals surface area (Å²) in [4.78, 5) is 20.1. The molecule has 0 aliphatic heterocycles. The van der Waals surface area contributed by atoms with Crippen LogP contribution in [0.15, 0.2) is 71.7 Å². The number of rotatable bonds is 7. The van der Waals surface area contributed by atoms with Gasteiger partial charge in [-0.25, -0.2) is 0 Å². The molecule has 0 unspecified atom stereocenters. The first kappa shape index (κ1) is 24.4. The molecule has 33 heavy (non-hydrogen) atoms. The Balaban J connectivity index is 2.15. The van der Waals surface area contributed by atoms with Crippen LogP contribution in [0.4, 0.5) is 0 Å². The van der Waals surface area contributed by atoms with Crippen LogP contribution >= 0.6 is 0 Å². The number of hydrogen-bond donors (Lipinski definition) is 0. The number of benzene rings is 3. The second-order valence-electron chi connectivity index (χ2n) is 9.54. The third-order valence-corrected chi connectivity index (χ3v) is 6.07. The number of amides is 1. The summed E-state index contributed by atoms with van der Waals surface area (Å²) in [6.45, 7) is 13.8. The standard InChI is InChI=1S/C30H36N2O/c1-7-32(8-2)29(33)28(30(4,5)6)31-21-24(20-23-14-10-9-11-15-23)26-19-18-22(3)25-16-12-13-17-27(25)26/h9-21,28H,7-8H2,1-6H3/b24-20-,31-21?/t28-/m1/s1. The Morgan fingerprint density at radius 1 is 0.909 bits per heavy atom. The van der Waals surface area contributed by atoms with Gasteiger partial charge in [-0.2, -0.15) is 0 Å². The van der Waals surface area contributed by atoms with Crippen LogP contribution < -0.4 is 0 Å². The lowest BCUT2D eigenvalue weighted by molar-refractivity contribution is -0.134. The lowest BCUT2D eigenvalue weighted by atomic mass is 9.86. The second kappa shape index (κ2) is 10.6. The van der Waals surface area contributed by atoms with Crippen molar-refractivity contribution in [1.29, 1.82) is 0 Å². The van der Waals surface area contributed by atoms with Crippen molar-refractivity contribution in [3.05, 3.63) is 83.4 Å². The van der Waals surface area contributed by atoms with Crippen LogP contribution in [0.1, 0.15) is 51.3 Å². The van der Waals surface area contributed by atoms with E-state index in [0.717, 1.165) is 16.7 Å². The fourth-order valence-corrected chi connectivity index (χ4v) is 4.14. The van der Waals surface area contributed by atoms with Crippen molar-refractivity contribution >= 4 is 34.5 Å². The lowest BCUT2D eigenvalue weighted by Crippen LogP contribution is -2.44. The van der Waals surface area contributed by atoms with E-state index in [1.165, 1.54) is 16.3 Å². The summed E-state index contributed by atoms with van der Waals surface area (Å²) in [6.07, 6.45) is 4.06. The smallest absolute Gasteiger partial charge is 0.247 e. The number of likely N-dealkylation sites (N-methyl/N-ethyl adjacent to an activating group) is 1. The van der Waals surface area contributed by atoms with Gasteiger partial charge in [0.25, 0.3) is 0 Å². The molecule has 0 spiro atoms. The van der Waals surface area contributed by atoms with Crippen molar-refractivity contribution in [2.24, 2.45) is 10.4 Å². The highest BCUT2D eigenvalue weighted by Crippen LogP contribution is 2.30. The maximum atomic E-state index is 13.3. The summed E-state index contributed by atoms with van der Waals surface area (Å²) in [5, 5.41) is 2.42. The SMILES string of the molecule is CCN(CC)C(=O)[C@@H](N=C/C(=C/c1ccccc1)c1ccc(C)c2ccccc12)C(C)(C)C. The third kappa shape index (κ3) is 5.78. The number of hydrogen-bond acceptors (Lipinski definition) is 2. The molecule has 0 aromatic heterocycles. The van der Waals surface area contributed by atoms with E-state index >= 15 is 0 Å². The molecule has 0 saturated heterocycles. The van der Waals surface area contributed by atoms with E-state index in [4.69, 9.17) is 4.99 Å². The van der Waals surface area contributed by atoms with Crippen molar-refractivity contribution < 1.29 is 4.79 Å². The van der Waals surface area contributed by atoms with Gasteiger partial charge < -0.3 is 4.90 Å². The van der Waals surface area contributed by atoms with Gasteiger partial charge in [0.2, 0.25) is 5.91 Å². The molecule has 3 heteroatoms. The molecule has 0 aliphatic rings. The molecule has 0 aliphatic carbocycles. The number of carbonyl (C=O) groups is 1. The van der Waals surface area contributed by atoms with E-state index in [9.17, 15) is 4.79 Å². The predicted octanol–water partition coefficient (Wildman–Crippen LogP) is 7.04. The first-order chi connectivity index (χ1) is 15.8. The first-order valence-corrected chi connectivity index (χ1v) is 11.8. The summed E-state index contributed by atoms with van der Waals surface area (Å²) in [7, 11) is 0. The summed E-state index contributed by atoms with van der Waals surface area (Å²) in [5.74, 6) is 0.0802. The molecular weight excluding hydrogens is 404 g/mol. The van der Waals surface area contributed by atoms with Crippen LogP contribution in [0.25, 0.3) is 22.4 Å². The summed E-state index contributed by atoms with van der Waals surface area (Å²) >= 11 is 0. The molecule has 3 aromatic carbocycles. The molecule has 1 amide bonds. The third-order valence-electron chi connectivity index (χ3n) is 6.07. The Morgan fingerprint density at radius 3 is 2.12 bits per heavy atom. The van der Waals surface area contributed by atoms with Crippen molar-refractivity contribution in [2.45, 2.75) is 47.6 Å². The Morgan fingerprint density at radius 2 is 1.52 bits per heavy atom. The normalized spacial score (nSPS) is 13.5. The van der Waals surface area contributed by atoms with Crippen LogP contribution in [-0.4, -0.2) is 36.2 Å². The Kier molecular flexibility index (Phi) is 7.86. The zero-order valence-corrected chi connectivity index (χ0v) is 20.8. The van der Waals surface area contributed by atoms with E-state index in [-0.39, 0.29) is 11.3 Å². The Labute approximate surface area is 198 Å². The highest BCUT2D eigenvalue weighted by Gasteiger charge is 2.33. The van der Waals surface area contributed by atoms with E-state index in [2.05, 4.69) is 82.3 Å². The van der Waals surface area contributed by atoms with Crippen LogP contribution in [0.3, 0.4) is 0 Å². The topological polar surface area (TPSA) is 32.7 Å². The van der Waals surface area contributed by atoms with Gasteiger partial charge in [0.05, 0.1) is 0 Å². The number of fused-ring (bicyclic) bond motifs is 1. The molecular formula is C30H36N2O. The minimum atomic E-state index is -0.451. The van der Waals surface area contributed by atoms with Crippen molar-refractivity contribution in [3.63, 3.8) is 0 Å². The van der Waals surface area contributed by atoms with Gasteiger partial charge in [0.15, 0.2) is 0 Å². The van der Waals surface area contributed by atoms with E-state index in [1.54, 1.807) is 0 Å². The Hall–Kier alpha value is -3.20. The van der Waals surface area contributed by atoms with Gasteiger partial charge in [0, 0.05) is 24.9 Å². The summed E-state index contributed by atoms with van der Waals surface area (Å²) in [5.41, 5.74) is 4.18. The quantitative estimate of drug-likeness (QED) is 0.286. The van der Waals surface area contributed by atoms with Gasteiger partial charge in [0.1, 0.15) is 6.04 Å². The van der Waals surface area contributed by atoms with E-state index in [0.29, 0.717) is 13.1 Å². The minimum absolute atomic E-state index is 0.0802. The summed E-state index contributed by atoms with van der Waals surface area (Å²) in [6, 6.07) is 22.6. The second-order valence-corrected chi connectivity index (χ2v) is 9.54. The number of carbonyl (C=O) groups excluding carboxylic acids is 1. The van der Waals surface area contributed by atoms with Crippen LogP contribution in [0.5, 0.6) is 0 Å². The maximum Gasteiger partial charge on any atom is 0.247 e. The lowest BCUT2D eigenvalue weighted by Gasteiger charge is -2.31. The molecule has 0 radical (unpaired) electrons.